The van der Waals surface area contributed by atoms with Gasteiger partial charge < -0.3 is 15.0 Å². The molecule has 7 heteroatoms. The number of nitrogens with one attached hydrogen (secondary N) is 1. The Balaban J connectivity index is 1.75. The summed E-state index contributed by atoms with van der Waals surface area (Å²) in [5.74, 6) is 0.886. The maximum atomic E-state index is 13.0. The molecule has 3 rings (SSSR count). The third-order valence-electron chi connectivity index (χ3n) is 6.23. The first-order chi connectivity index (χ1) is 15.3. The fraction of sp³-hybridized carbons (Fsp3) is 0.560. The second-order valence-corrected chi connectivity index (χ2v) is 10.3. The van der Waals surface area contributed by atoms with E-state index < -0.39 is 0 Å². The number of hydrogen-bond donors (Lipinski definition) is 1. The summed E-state index contributed by atoms with van der Waals surface area (Å²) in [4.78, 5) is 20.5. The molecule has 0 atom stereocenters. The van der Waals surface area contributed by atoms with Gasteiger partial charge in [0.15, 0.2) is 0 Å². The third kappa shape index (κ3) is 5.48. The number of carbonyl (C=O) groups is 1. The van der Waals surface area contributed by atoms with E-state index in [0.29, 0.717) is 41.0 Å². The molecular formula is C25H34N4O2S. The number of nitrogens with zero attached hydrogens (tertiary/aromatic N) is 3. The second kappa shape index (κ2) is 10.5. The Morgan fingerprint density at radius 3 is 2.66 bits per heavy atom. The molecule has 0 aliphatic heterocycles. The summed E-state index contributed by atoms with van der Waals surface area (Å²) in [6.45, 7) is 7.21. The summed E-state index contributed by atoms with van der Waals surface area (Å²) in [5.41, 5.74) is 2.04. The van der Waals surface area contributed by atoms with Gasteiger partial charge in [0.2, 0.25) is 0 Å². The Morgan fingerprint density at radius 2 is 2.03 bits per heavy atom. The Hall–Kier alpha value is -2.43. The van der Waals surface area contributed by atoms with Crippen molar-refractivity contribution in [2.45, 2.75) is 58.4 Å². The summed E-state index contributed by atoms with van der Waals surface area (Å²) >= 11 is 1.37. The fourth-order valence-electron chi connectivity index (χ4n) is 4.18. The summed E-state index contributed by atoms with van der Waals surface area (Å²) in [6.07, 6.45) is 5.89. The van der Waals surface area contributed by atoms with Gasteiger partial charge in [-0.05, 0) is 58.0 Å². The Bertz CT molecular complexity index is 984. The lowest BCUT2D eigenvalue weighted by molar-refractivity contribution is 0.0802. The minimum atomic E-state index is -0.0737. The van der Waals surface area contributed by atoms with Crippen molar-refractivity contribution in [1.82, 2.24) is 15.2 Å². The Kier molecular flexibility index (Phi) is 7.91. The van der Waals surface area contributed by atoms with E-state index in [1.165, 1.54) is 30.6 Å². The van der Waals surface area contributed by atoms with Crippen LogP contribution in [0.5, 0.6) is 5.75 Å². The van der Waals surface area contributed by atoms with Crippen molar-refractivity contribution < 1.29 is 9.53 Å². The van der Waals surface area contributed by atoms with Crippen LogP contribution in [0.4, 0.5) is 0 Å². The first kappa shape index (κ1) is 24.2. The SMILES string of the molecule is Cc1nc(-c2ccc(OCC(C)C)c(C#N)c2)sc1C(=O)NCC1(N(C)C)CCCCC1. The van der Waals surface area contributed by atoms with E-state index in [1.54, 1.807) is 6.07 Å². The number of carbonyl (C=O) groups excluding carboxylic acids is 1. The molecule has 1 heterocycles. The van der Waals surface area contributed by atoms with Gasteiger partial charge in [-0.2, -0.15) is 5.26 Å². The van der Waals surface area contributed by atoms with Crippen molar-refractivity contribution >= 4 is 17.2 Å². The zero-order valence-corrected chi connectivity index (χ0v) is 20.6. The number of hydrogen-bond acceptors (Lipinski definition) is 6. The van der Waals surface area contributed by atoms with Crippen molar-refractivity contribution in [3.05, 3.63) is 34.3 Å². The van der Waals surface area contributed by atoms with E-state index in [-0.39, 0.29) is 11.4 Å². The molecule has 0 bridgehead atoms. The average molecular weight is 455 g/mol. The van der Waals surface area contributed by atoms with Crippen LogP contribution in [0.3, 0.4) is 0 Å². The number of aryl methyl sites for hydroxylation is 1. The molecular weight excluding hydrogens is 420 g/mol. The molecule has 0 radical (unpaired) electrons. The number of rotatable bonds is 8. The molecule has 0 saturated heterocycles. The molecule has 1 N–H and O–H groups in total. The minimum Gasteiger partial charge on any atom is -0.492 e. The number of aromatic nitrogens is 1. The van der Waals surface area contributed by atoms with E-state index in [0.717, 1.165) is 23.4 Å². The van der Waals surface area contributed by atoms with Crippen molar-refractivity contribution in [3.8, 4) is 22.4 Å². The van der Waals surface area contributed by atoms with Gasteiger partial charge in [-0.1, -0.05) is 33.1 Å². The van der Waals surface area contributed by atoms with Crippen LogP contribution in [0, 0.1) is 24.2 Å². The topological polar surface area (TPSA) is 78.2 Å². The van der Waals surface area contributed by atoms with Crippen LogP contribution in [-0.4, -0.2) is 48.6 Å². The molecule has 32 heavy (non-hydrogen) atoms. The van der Waals surface area contributed by atoms with Gasteiger partial charge in [-0.15, -0.1) is 11.3 Å². The molecule has 1 aromatic carbocycles. The van der Waals surface area contributed by atoms with Gasteiger partial charge in [0.05, 0.1) is 17.9 Å². The standard InChI is InChI=1S/C25H34N4O2S/c1-17(2)15-31-21-10-9-19(13-20(21)14-26)24-28-18(3)22(32-24)23(30)27-16-25(29(4)5)11-7-6-8-12-25/h9-10,13,17H,6-8,11-12,15-16H2,1-5H3,(H,27,30). The Morgan fingerprint density at radius 1 is 1.31 bits per heavy atom. The predicted molar refractivity (Wildman–Crippen MR) is 129 cm³/mol. The Labute approximate surface area is 195 Å². The number of amides is 1. The van der Waals surface area contributed by atoms with Crippen LogP contribution in [0.2, 0.25) is 0 Å². The second-order valence-electron chi connectivity index (χ2n) is 9.32. The van der Waals surface area contributed by atoms with Crippen molar-refractivity contribution in [2.75, 3.05) is 27.2 Å². The average Bonchev–Trinajstić information content (AvgIpc) is 3.18. The number of thiazole rings is 1. The van der Waals surface area contributed by atoms with Gasteiger partial charge in [0, 0.05) is 17.6 Å². The zero-order valence-electron chi connectivity index (χ0n) is 19.8. The highest BCUT2D eigenvalue weighted by molar-refractivity contribution is 7.17. The first-order valence-corrected chi connectivity index (χ1v) is 12.2. The number of likely N-dealkylation sites (N-methyl/N-ethyl adjacent to an activating group) is 1. The van der Waals surface area contributed by atoms with Crippen molar-refractivity contribution in [3.63, 3.8) is 0 Å². The van der Waals surface area contributed by atoms with Crippen LogP contribution < -0.4 is 10.1 Å². The molecule has 6 nitrogen and oxygen atoms in total. The molecule has 172 valence electrons. The molecule has 1 amide bonds. The monoisotopic (exact) mass is 454 g/mol. The lowest BCUT2D eigenvalue weighted by Crippen LogP contribution is -2.53. The summed E-state index contributed by atoms with van der Waals surface area (Å²) in [6, 6.07) is 7.72. The summed E-state index contributed by atoms with van der Waals surface area (Å²) < 4.78 is 5.76. The maximum absolute atomic E-state index is 13.0. The maximum Gasteiger partial charge on any atom is 0.263 e. The van der Waals surface area contributed by atoms with Gasteiger partial charge in [0.1, 0.15) is 21.7 Å². The summed E-state index contributed by atoms with van der Waals surface area (Å²) in [5, 5.41) is 13.5. The fourth-order valence-corrected chi connectivity index (χ4v) is 5.16. The van der Waals surface area contributed by atoms with E-state index >= 15 is 0 Å². The number of ether oxygens (including phenoxy) is 1. The van der Waals surface area contributed by atoms with E-state index in [1.807, 2.05) is 19.1 Å². The van der Waals surface area contributed by atoms with Gasteiger partial charge >= 0.3 is 0 Å². The number of nitriles is 1. The molecule has 1 fully saturated rings. The van der Waals surface area contributed by atoms with E-state index in [9.17, 15) is 10.1 Å². The molecule has 1 aliphatic rings. The molecule has 1 saturated carbocycles. The lowest BCUT2D eigenvalue weighted by Gasteiger charge is -2.43. The molecule has 0 unspecified atom stereocenters. The quantitative estimate of drug-likeness (QED) is 0.606. The highest BCUT2D eigenvalue weighted by atomic mass is 32.1. The van der Waals surface area contributed by atoms with Crippen molar-refractivity contribution in [1.29, 1.82) is 5.26 Å². The van der Waals surface area contributed by atoms with Crippen LogP contribution >= 0.6 is 11.3 Å². The van der Waals surface area contributed by atoms with Gasteiger partial charge in [-0.3, -0.25) is 4.79 Å². The lowest BCUT2D eigenvalue weighted by atomic mass is 9.80. The minimum absolute atomic E-state index is 0.0306. The van der Waals surface area contributed by atoms with Gasteiger partial charge in [0.25, 0.3) is 5.91 Å². The van der Waals surface area contributed by atoms with Crippen LogP contribution in [0.1, 0.15) is 66.9 Å². The van der Waals surface area contributed by atoms with Crippen molar-refractivity contribution in [2.24, 2.45) is 5.92 Å². The molecule has 1 aliphatic carbocycles. The predicted octanol–water partition coefficient (Wildman–Crippen LogP) is 5.02. The van der Waals surface area contributed by atoms with Crippen LogP contribution in [-0.2, 0) is 0 Å². The smallest absolute Gasteiger partial charge is 0.263 e. The van der Waals surface area contributed by atoms with Gasteiger partial charge in [-0.25, -0.2) is 4.98 Å². The van der Waals surface area contributed by atoms with Crippen LogP contribution in [0.15, 0.2) is 18.2 Å². The van der Waals surface area contributed by atoms with Crippen LogP contribution in [0.25, 0.3) is 10.6 Å². The highest BCUT2D eigenvalue weighted by Gasteiger charge is 2.34. The summed E-state index contributed by atoms with van der Waals surface area (Å²) in [7, 11) is 4.21. The largest absolute Gasteiger partial charge is 0.492 e. The highest BCUT2D eigenvalue weighted by Crippen LogP contribution is 2.33. The van der Waals surface area contributed by atoms with E-state index in [2.05, 4.69) is 49.2 Å². The molecule has 1 aromatic heterocycles. The first-order valence-electron chi connectivity index (χ1n) is 11.4. The zero-order chi connectivity index (χ0) is 23.3. The molecule has 0 spiro atoms. The molecule has 2 aromatic rings. The number of benzene rings is 1. The van der Waals surface area contributed by atoms with E-state index in [4.69, 9.17) is 4.74 Å². The third-order valence-corrected chi connectivity index (χ3v) is 7.44. The normalized spacial score (nSPS) is 15.6.